The number of aryl methyl sites for hydroxylation is 2. The zero-order chi connectivity index (χ0) is 18.9. The average molecular weight is 360 g/mol. The summed E-state index contributed by atoms with van der Waals surface area (Å²) in [6.07, 6.45) is 1.79. The van der Waals surface area contributed by atoms with Crippen molar-refractivity contribution in [3.8, 4) is 22.3 Å². The van der Waals surface area contributed by atoms with Crippen LogP contribution in [0.1, 0.15) is 27.0 Å². The highest BCUT2D eigenvalue weighted by Gasteiger charge is 2.22. The van der Waals surface area contributed by atoms with E-state index in [4.69, 9.17) is 0 Å². The Morgan fingerprint density at radius 1 is 0.464 bits per heavy atom. The van der Waals surface area contributed by atoms with Crippen molar-refractivity contribution in [2.45, 2.75) is 12.8 Å². The minimum atomic E-state index is 0.137. The van der Waals surface area contributed by atoms with Crippen molar-refractivity contribution in [3.05, 3.63) is 119 Å². The van der Waals surface area contributed by atoms with Crippen LogP contribution in [0.3, 0.4) is 0 Å². The van der Waals surface area contributed by atoms with Crippen LogP contribution in [0.4, 0.5) is 0 Å². The smallest absolute Gasteiger partial charge is 0.193 e. The predicted octanol–water partition coefficient (Wildman–Crippen LogP) is 6.35. The van der Waals surface area contributed by atoms with Gasteiger partial charge in [-0.25, -0.2) is 0 Å². The fourth-order valence-electron chi connectivity index (χ4n) is 4.05. The standard InChI is InChI=1S/C27H20O/c28-27-25-17-23(19-7-3-1-4-8-19)15-13-21(25)11-12-22-14-16-24(18-26(22)27)20-9-5-2-6-10-20/h1-10,13-18H,11-12H2. The molecule has 0 bridgehead atoms. The quantitative estimate of drug-likeness (QED) is 0.407. The molecule has 0 saturated heterocycles. The first-order valence-electron chi connectivity index (χ1n) is 9.71. The summed E-state index contributed by atoms with van der Waals surface area (Å²) in [6, 6.07) is 33.2. The summed E-state index contributed by atoms with van der Waals surface area (Å²) in [5, 5.41) is 0. The minimum absolute atomic E-state index is 0.137. The molecule has 0 aliphatic heterocycles. The van der Waals surface area contributed by atoms with Crippen molar-refractivity contribution in [1.82, 2.24) is 0 Å². The molecule has 1 nitrogen and oxygen atoms in total. The molecule has 0 spiro atoms. The van der Waals surface area contributed by atoms with Crippen LogP contribution < -0.4 is 0 Å². The summed E-state index contributed by atoms with van der Waals surface area (Å²) in [6.45, 7) is 0. The Bertz CT molecular complexity index is 1060. The van der Waals surface area contributed by atoms with Gasteiger partial charge in [0.1, 0.15) is 0 Å². The fourth-order valence-corrected chi connectivity index (χ4v) is 4.05. The van der Waals surface area contributed by atoms with Crippen LogP contribution in [-0.2, 0) is 12.8 Å². The van der Waals surface area contributed by atoms with Gasteiger partial charge in [-0.05, 0) is 58.4 Å². The maximum absolute atomic E-state index is 13.5. The van der Waals surface area contributed by atoms with Gasteiger partial charge in [0, 0.05) is 11.1 Å². The lowest BCUT2D eigenvalue weighted by atomic mass is 9.93. The molecule has 0 fully saturated rings. The van der Waals surface area contributed by atoms with Crippen LogP contribution in [0.2, 0.25) is 0 Å². The summed E-state index contributed by atoms with van der Waals surface area (Å²) in [5.74, 6) is 0.137. The van der Waals surface area contributed by atoms with E-state index in [1.807, 2.05) is 36.4 Å². The van der Waals surface area contributed by atoms with Gasteiger partial charge < -0.3 is 0 Å². The number of ketones is 1. The zero-order valence-electron chi connectivity index (χ0n) is 15.6. The summed E-state index contributed by atoms with van der Waals surface area (Å²) >= 11 is 0. The van der Waals surface area contributed by atoms with Gasteiger partial charge in [-0.2, -0.15) is 0 Å². The minimum Gasteiger partial charge on any atom is -0.289 e. The highest BCUT2D eigenvalue weighted by atomic mass is 16.1. The highest BCUT2D eigenvalue weighted by Crippen LogP contribution is 2.31. The van der Waals surface area contributed by atoms with Crippen LogP contribution in [0.25, 0.3) is 22.3 Å². The summed E-state index contributed by atoms with van der Waals surface area (Å²) in [5.41, 5.74) is 8.42. The Hall–Kier alpha value is -3.45. The molecule has 4 aromatic carbocycles. The van der Waals surface area contributed by atoms with Gasteiger partial charge in [-0.3, -0.25) is 4.79 Å². The van der Waals surface area contributed by atoms with E-state index in [0.717, 1.165) is 57.3 Å². The topological polar surface area (TPSA) is 17.1 Å². The molecule has 28 heavy (non-hydrogen) atoms. The van der Waals surface area contributed by atoms with E-state index < -0.39 is 0 Å². The number of carbonyl (C=O) groups excluding carboxylic acids is 1. The first kappa shape index (κ1) is 16.7. The van der Waals surface area contributed by atoms with Gasteiger partial charge in [0.25, 0.3) is 0 Å². The Kier molecular flexibility index (Phi) is 4.14. The zero-order valence-corrected chi connectivity index (χ0v) is 15.6. The highest BCUT2D eigenvalue weighted by molar-refractivity contribution is 6.12. The number of hydrogen-bond acceptors (Lipinski definition) is 1. The molecule has 0 saturated carbocycles. The summed E-state index contributed by atoms with van der Waals surface area (Å²) in [7, 11) is 0. The number of hydrogen-bond donors (Lipinski definition) is 0. The molecule has 1 heteroatoms. The van der Waals surface area contributed by atoms with Crippen molar-refractivity contribution in [1.29, 1.82) is 0 Å². The Morgan fingerprint density at radius 3 is 1.32 bits per heavy atom. The first-order valence-corrected chi connectivity index (χ1v) is 9.71. The molecule has 0 aromatic heterocycles. The van der Waals surface area contributed by atoms with Crippen LogP contribution in [-0.4, -0.2) is 5.78 Å². The van der Waals surface area contributed by atoms with E-state index in [-0.39, 0.29) is 5.78 Å². The second-order valence-electron chi connectivity index (χ2n) is 7.31. The van der Waals surface area contributed by atoms with Gasteiger partial charge in [0.05, 0.1) is 0 Å². The molecule has 0 amide bonds. The number of fused-ring (bicyclic) bond motifs is 2. The normalized spacial score (nSPS) is 12.8. The van der Waals surface area contributed by atoms with E-state index >= 15 is 0 Å². The van der Waals surface area contributed by atoms with E-state index in [2.05, 4.69) is 60.7 Å². The molecule has 4 aromatic rings. The Labute approximate surface area is 165 Å². The summed E-state index contributed by atoms with van der Waals surface area (Å²) in [4.78, 5) is 13.5. The predicted molar refractivity (Wildman–Crippen MR) is 115 cm³/mol. The van der Waals surface area contributed by atoms with Gasteiger partial charge in [-0.15, -0.1) is 0 Å². The van der Waals surface area contributed by atoms with Gasteiger partial charge in [0.15, 0.2) is 5.78 Å². The Balaban J connectivity index is 1.61. The largest absolute Gasteiger partial charge is 0.289 e. The van der Waals surface area contributed by atoms with Crippen molar-refractivity contribution >= 4 is 5.78 Å². The van der Waals surface area contributed by atoms with Crippen LogP contribution in [0.15, 0.2) is 97.1 Å². The third-order valence-electron chi connectivity index (χ3n) is 5.59. The molecule has 0 unspecified atom stereocenters. The van der Waals surface area contributed by atoms with Crippen molar-refractivity contribution in [2.24, 2.45) is 0 Å². The fraction of sp³-hybridized carbons (Fsp3) is 0.0741. The van der Waals surface area contributed by atoms with E-state index in [1.54, 1.807) is 0 Å². The monoisotopic (exact) mass is 360 g/mol. The molecular weight excluding hydrogens is 340 g/mol. The molecule has 134 valence electrons. The molecule has 1 aliphatic rings. The molecule has 0 N–H and O–H groups in total. The molecule has 1 aliphatic carbocycles. The van der Waals surface area contributed by atoms with Gasteiger partial charge >= 0.3 is 0 Å². The van der Waals surface area contributed by atoms with Gasteiger partial charge in [-0.1, -0.05) is 84.9 Å². The van der Waals surface area contributed by atoms with E-state index in [9.17, 15) is 4.79 Å². The SMILES string of the molecule is O=C1c2cc(-c3ccccc3)ccc2CCc2ccc(-c3ccccc3)cc21. The number of benzene rings is 4. The van der Waals surface area contributed by atoms with Crippen LogP contribution in [0.5, 0.6) is 0 Å². The molecule has 0 atom stereocenters. The summed E-state index contributed by atoms with van der Waals surface area (Å²) < 4.78 is 0. The lowest BCUT2D eigenvalue weighted by Gasteiger charge is -2.10. The maximum Gasteiger partial charge on any atom is 0.193 e. The molecular formula is C27H20O. The van der Waals surface area contributed by atoms with E-state index in [1.165, 1.54) is 0 Å². The first-order chi connectivity index (χ1) is 13.8. The molecule has 0 heterocycles. The second kappa shape index (κ2) is 6.94. The molecule has 5 rings (SSSR count). The van der Waals surface area contributed by atoms with Crippen LogP contribution in [0, 0.1) is 0 Å². The van der Waals surface area contributed by atoms with Crippen molar-refractivity contribution in [3.63, 3.8) is 0 Å². The average Bonchev–Trinajstić information content (AvgIpc) is 2.91. The third-order valence-corrected chi connectivity index (χ3v) is 5.59. The van der Waals surface area contributed by atoms with E-state index in [0.29, 0.717) is 0 Å². The lowest BCUT2D eigenvalue weighted by Crippen LogP contribution is -2.05. The molecule has 0 radical (unpaired) electrons. The number of rotatable bonds is 2. The lowest BCUT2D eigenvalue weighted by molar-refractivity contribution is 0.103. The number of carbonyl (C=O) groups is 1. The van der Waals surface area contributed by atoms with Gasteiger partial charge in [0.2, 0.25) is 0 Å². The van der Waals surface area contributed by atoms with Crippen molar-refractivity contribution in [2.75, 3.05) is 0 Å². The third kappa shape index (κ3) is 2.95. The Morgan fingerprint density at radius 2 is 0.893 bits per heavy atom. The second-order valence-corrected chi connectivity index (χ2v) is 7.31. The maximum atomic E-state index is 13.5. The van der Waals surface area contributed by atoms with Crippen LogP contribution >= 0.6 is 0 Å². The van der Waals surface area contributed by atoms with Crippen molar-refractivity contribution < 1.29 is 4.79 Å².